The van der Waals surface area contributed by atoms with E-state index in [0.29, 0.717) is 15.7 Å². The number of anilines is 1. The molecule has 2 aromatic rings. The first-order valence-corrected chi connectivity index (χ1v) is 6.35. The second kappa shape index (κ2) is 5.27. The van der Waals surface area contributed by atoms with Crippen LogP contribution in [0.25, 0.3) is 0 Å². The van der Waals surface area contributed by atoms with Gasteiger partial charge in [-0.3, -0.25) is 10.1 Å². The molecule has 0 radical (unpaired) electrons. The highest BCUT2D eigenvalue weighted by Crippen LogP contribution is 2.38. The molecule has 1 aromatic heterocycles. The number of nitro benzene ring substituents is 1. The van der Waals surface area contributed by atoms with E-state index in [-0.39, 0.29) is 5.69 Å². The number of aryl methyl sites for hydroxylation is 1. The van der Waals surface area contributed by atoms with Crippen LogP contribution in [0.15, 0.2) is 28.3 Å². The van der Waals surface area contributed by atoms with Gasteiger partial charge in [-0.25, -0.2) is 0 Å². The summed E-state index contributed by atoms with van der Waals surface area (Å²) in [5, 5.41) is 22.6. The zero-order valence-corrected chi connectivity index (χ0v) is 11.6. The predicted molar refractivity (Wildman–Crippen MR) is 72.5 cm³/mol. The molecule has 2 rings (SSSR count). The predicted octanol–water partition coefficient (Wildman–Crippen LogP) is 2.22. The molecule has 1 N–H and O–H groups in total. The van der Waals surface area contributed by atoms with Gasteiger partial charge in [0.05, 0.1) is 9.82 Å². The summed E-state index contributed by atoms with van der Waals surface area (Å²) in [5.41, 5.74) is 0.532. The summed E-state index contributed by atoms with van der Waals surface area (Å²) in [6.07, 6.45) is 0. The summed E-state index contributed by atoms with van der Waals surface area (Å²) in [5.74, 6) is 0.759. The molecule has 1 aromatic carbocycles. The van der Waals surface area contributed by atoms with E-state index in [4.69, 9.17) is 0 Å². The summed E-state index contributed by atoms with van der Waals surface area (Å²) < 4.78 is 1.79. The highest BCUT2D eigenvalue weighted by atomic mass is 32.2. The molecule has 0 fully saturated rings. The number of rotatable bonds is 4. The van der Waals surface area contributed by atoms with E-state index in [1.807, 2.05) is 14.0 Å². The molecule has 0 unspecified atom stereocenters. The van der Waals surface area contributed by atoms with Crippen molar-refractivity contribution >= 4 is 23.1 Å². The number of para-hydroxylation sites is 1. The zero-order chi connectivity index (χ0) is 14.0. The number of aromatic nitrogens is 3. The molecule has 0 saturated carbocycles. The van der Waals surface area contributed by atoms with E-state index in [2.05, 4.69) is 15.5 Å². The Bertz CT molecular complexity index is 626. The Morgan fingerprint density at radius 1 is 1.42 bits per heavy atom. The van der Waals surface area contributed by atoms with Crippen LogP contribution in [0, 0.1) is 17.0 Å². The number of hydrogen-bond donors (Lipinski definition) is 1. The molecule has 0 amide bonds. The van der Waals surface area contributed by atoms with E-state index in [9.17, 15) is 10.1 Å². The van der Waals surface area contributed by atoms with Gasteiger partial charge in [-0.05, 0) is 30.8 Å². The number of nitrogens with zero attached hydrogens (tertiary/aromatic N) is 4. The molecular formula is C11H13N5O2S. The molecular weight excluding hydrogens is 266 g/mol. The van der Waals surface area contributed by atoms with Crippen LogP contribution in [-0.4, -0.2) is 26.7 Å². The maximum absolute atomic E-state index is 11.2. The topological polar surface area (TPSA) is 85.9 Å². The van der Waals surface area contributed by atoms with E-state index >= 15 is 0 Å². The van der Waals surface area contributed by atoms with Crippen molar-refractivity contribution in [3.8, 4) is 0 Å². The number of benzene rings is 1. The normalized spacial score (nSPS) is 10.5. The van der Waals surface area contributed by atoms with Crippen molar-refractivity contribution in [3.63, 3.8) is 0 Å². The van der Waals surface area contributed by atoms with Crippen LogP contribution in [0.5, 0.6) is 0 Å². The SMILES string of the molecule is CNc1cccc(Sc2nnc(C)n2C)c1[N+](=O)[O-]. The first-order valence-electron chi connectivity index (χ1n) is 5.53. The van der Waals surface area contributed by atoms with Gasteiger partial charge in [-0.2, -0.15) is 0 Å². The Kier molecular flexibility index (Phi) is 3.70. The second-order valence-corrected chi connectivity index (χ2v) is 4.86. The Hall–Kier alpha value is -2.09. The van der Waals surface area contributed by atoms with Crippen molar-refractivity contribution in [1.29, 1.82) is 0 Å². The largest absolute Gasteiger partial charge is 0.383 e. The Morgan fingerprint density at radius 2 is 2.16 bits per heavy atom. The molecule has 0 aliphatic carbocycles. The van der Waals surface area contributed by atoms with Crippen molar-refractivity contribution in [2.75, 3.05) is 12.4 Å². The minimum atomic E-state index is -0.391. The summed E-state index contributed by atoms with van der Waals surface area (Å²) in [6.45, 7) is 1.83. The van der Waals surface area contributed by atoms with Crippen molar-refractivity contribution in [1.82, 2.24) is 14.8 Å². The van der Waals surface area contributed by atoms with E-state index < -0.39 is 4.92 Å². The molecule has 1 heterocycles. The molecule has 0 aliphatic heterocycles. The minimum Gasteiger partial charge on any atom is -0.383 e. The van der Waals surface area contributed by atoms with Crippen molar-refractivity contribution in [2.45, 2.75) is 17.0 Å². The van der Waals surface area contributed by atoms with Gasteiger partial charge in [-0.1, -0.05) is 6.07 Å². The average molecular weight is 279 g/mol. The van der Waals surface area contributed by atoms with Crippen LogP contribution in [0.4, 0.5) is 11.4 Å². The van der Waals surface area contributed by atoms with Gasteiger partial charge in [0, 0.05) is 14.1 Å². The Labute approximate surface area is 114 Å². The van der Waals surface area contributed by atoms with Crippen LogP contribution < -0.4 is 5.32 Å². The van der Waals surface area contributed by atoms with Crippen LogP contribution in [0.3, 0.4) is 0 Å². The molecule has 7 nitrogen and oxygen atoms in total. The highest BCUT2D eigenvalue weighted by Gasteiger charge is 2.21. The van der Waals surface area contributed by atoms with Crippen molar-refractivity contribution < 1.29 is 4.92 Å². The summed E-state index contributed by atoms with van der Waals surface area (Å²) >= 11 is 1.23. The fraction of sp³-hybridized carbons (Fsp3) is 0.273. The number of hydrogen-bond acceptors (Lipinski definition) is 6. The Balaban J connectivity index is 2.45. The van der Waals surface area contributed by atoms with Crippen LogP contribution in [-0.2, 0) is 7.05 Å². The first kappa shape index (κ1) is 13.3. The standard InChI is InChI=1S/C11H13N5O2S/c1-7-13-14-11(15(7)3)19-9-6-4-5-8(12-2)10(9)16(17)18/h4-6,12H,1-3H3. The summed E-state index contributed by atoms with van der Waals surface area (Å²) in [6, 6.07) is 5.14. The van der Waals surface area contributed by atoms with E-state index in [1.165, 1.54) is 11.8 Å². The van der Waals surface area contributed by atoms with E-state index in [1.54, 1.807) is 29.8 Å². The third-order valence-corrected chi connectivity index (χ3v) is 3.79. The fourth-order valence-electron chi connectivity index (χ4n) is 1.57. The number of nitro groups is 1. The monoisotopic (exact) mass is 279 g/mol. The van der Waals surface area contributed by atoms with Gasteiger partial charge < -0.3 is 9.88 Å². The van der Waals surface area contributed by atoms with Gasteiger partial charge >= 0.3 is 5.69 Å². The average Bonchev–Trinajstić information content (AvgIpc) is 2.70. The maximum atomic E-state index is 11.2. The first-order chi connectivity index (χ1) is 9.04. The molecule has 0 saturated heterocycles. The molecule has 8 heteroatoms. The lowest BCUT2D eigenvalue weighted by atomic mass is 10.3. The highest BCUT2D eigenvalue weighted by molar-refractivity contribution is 7.99. The molecule has 0 aliphatic rings. The van der Waals surface area contributed by atoms with Crippen molar-refractivity contribution in [2.24, 2.45) is 7.05 Å². The molecule has 0 bridgehead atoms. The van der Waals surface area contributed by atoms with Crippen LogP contribution in [0.1, 0.15) is 5.82 Å². The molecule has 0 spiro atoms. The van der Waals surface area contributed by atoms with Gasteiger partial charge in [0.15, 0.2) is 5.16 Å². The van der Waals surface area contributed by atoms with Gasteiger partial charge in [0.2, 0.25) is 0 Å². The summed E-state index contributed by atoms with van der Waals surface area (Å²) in [4.78, 5) is 11.3. The smallest absolute Gasteiger partial charge is 0.306 e. The van der Waals surface area contributed by atoms with Gasteiger partial charge in [-0.15, -0.1) is 10.2 Å². The minimum absolute atomic E-state index is 0.0515. The number of nitrogens with one attached hydrogen (secondary N) is 1. The van der Waals surface area contributed by atoms with Gasteiger partial charge in [0.1, 0.15) is 11.5 Å². The quantitative estimate of drug-likeness (QED) is 0.682. The zero-order valence-electron chi connectivity index (χ0n) is 10.7. The lowest BCUT2D eigenvalue weighted by Gasteiger charge is -2.06. The third kappa shape index (κ3) is 2.53. The van der Waals surface area contributed by atoms with Crippen LogP contribution >= 0.6 is 11.8 Å². The van der Waals surface area contributed by atoms with Gasteiger partial charge in [0.25, 0.3) is 0 Å². The van der Waals surface area contributed by atoms with Crippen LogP contribution in [0.2, 0.25) is 0 Å². The fourth-order valence-corrected chi connectivity index (χ4v) is 2.54. The molecule has 19 heavy (non-hydrogen) atoms. The molecule has 100 valence electrons. The maximum Gasteiger partial charge on any atom is 0.306 e. The lowest BCUT2D eigenvalue weighted by Crippen LogP contribution is -1.99. The van der Waals surface area contributed by atoms with Crippen molar-refractivity contribution in [3.05, 3.63) is 34.1 Å². The second-order valence-electron chi connectivity index (χ2n) is 3.85. The molecule has 0 atom stereocenters. The summed E-state index contributed by atoms with van der Waals surface area (Å²) in [7, 11) is 3.48. The van der Waals surface area contributed by atoms with E-state index in [0.717, 1.165) is 5.82 Å². The Morgan fingerprint density at radius 3 is 2.68 bits per heavy atom. The third-order valence-electron chi connectivity index (χ3n) is 2.70. The lowest BCUT2D eigenvalue weighted by molar-refractivity contribution is -0.386.